The number of hydrogen-bond donors (Lipinski definition) is 3. The van der Waals surface area contributed by atoms with E-state index in [1.807, 2.05) is 6.92 Å². The van der Waals surface area contributed by atoms with Crippen LogP contribution in [0.1, 0.15) is 12.5 Å². The fraction of sp³-hybridized carbons (Fsp3) is 0.211. The van der Waals surface area contributed by atoms with E-state index in [2.05, 4.69) is 21.9 Å². The predicted molar refractivity (Wildman–Crippen MR) is 114 cm³/mol. The molecule has 0 amide bonds. The molecule has 27 heavy (non-hydrogen) atoms. The van der Waals surface area contributed by atoms with Crippen molar-refractivity contribution in [3.05, 3.63) is 60.2 Å². The number of para-hydroxylation sites is 2. The number of thiocarbonyl (C=S) groups is 1. The lowest BCUT2D eigenvalue weighted by Crippen LogP contribution is -2.29. The van der Waals surface area contributed by atoms with E-state index < -0.39 is 10.0 Å². The van der Waals surface area contributed by atoms with Gasteiger partial charge in [0.1, 0.15) is 5.75 Å². The molecule has 0 fully saturated rings. The van der Waals surface area contributed by atoms with Gasteiger partial charge in [-0.2, -0.15) is 0 Å². The zero-order chi connectivity index (χ0) is 20.0. The zero-order valence-electron chi connectivity index (χ0n) is 15.5. The normalized spacial score (nSPS) is 10.8. The minimum atomic E-state index is -3.81. The minimum Gasteiger partial charge on any atom is -0.495 e. The summed E-state index contributed by atoms with van der Waals surface area (Å²) in [5.41, 5.74) is 2.49. The molecule has 0 radical (unpaired) electrons. The van der Waals surface area contributed by atoms with Gasteiger partial charge in [-0.15, -0.1) is 0 Å². The number of ether oxygens (including phenoxy) is 1. The van der Waals surface area contributed by atoms with Crippen LogP contribution in [0.2, 0.25) is 0 Å². The van der Waals surface area contributed by atoms with Gasteiger partial charge in [-0.3, -0.25) is 4.72 Å². The van der Waals surface area contributed by atoms with Gasteiger partial charge < -0.3 is 15.4 Å². The second kappa shape index (κ2) is 8.88. The van der Waals surface area contributed by atoms with E-state index in [-0.39, 0.29) is 4.90 Å². The van der Waals surface area contributed by atoms with Crippen molar-refractivity contribution in [1.82, 2.24) is 5.32 Å². The molecule has 0 aliphatic heterocycles. The van der Waals surface area contributed by atoms with Crippen LogP contribution in [0.5, 0.6) is 5.75 Å². The number of aryl methyl sites for hydroxylation is 1. The van der Waals surface area contributed by atoms with Gasteiger partial charge in [-0.25, -0.2) is 8.42 Å². The third kappa shape index (κ3) is 5.70. The quantitative estimate of drug-likeness (QED) is 0.482. The monoisotopic (exact) mass is 405 g/mol. The first kappa shape index (κ1) is 20.7. The summed E-state index contributed by atoms with van der Waals surface area (Å²) in [4.78, 5) is 0.154. The van der Waals surface area contributed by atoms with Crippen molar-refractivity contribution in [2.45, 2.75) is 18.7 Å². The average molecular weight is 406 g/mol. The summed E-state index contributed by atoms with van der Waals surface area (Å²) in [6, 6.07) is 11.9. The summed E-state index contributed by atoms with van der Waals surface area (Å²) < 4.78 is 33.6. The summed E-state index contributed by atoms with van der Waals surface area (Å²) in [6.07, 6.45) is 0. The number of benzene rings is 2. The molecule has 0 saturated carbocycles. The number of sulfonamides is 1. The SMILES string of the molecule is C=C(C)CNC(=S)Nc1ccc(C)c(S(=O)(=O)Nc2ccccc2OC)c1. The van der Waals surface area contributed by atoms with Gasteiger partial charge in [-0.05, 0) is 55.9 Å². The van der Waals surface area contributed by atoms with Gasteiger partial charge in [-0.1, -0.05) is 30.4 Å². The maximum Gasteiger partial charge on any atom is 0.262 e. The number of hydrogen-bond acceptors (Lipinski definition) is 4. The van der Waals surface area contributed by atoms with Crippen molar-refractivity contribution in [3.63, 3.8) is 0 Å². The largest absolute Gasteiger partial charge is 0.495 e. The molecule has 0 aliphatic rings. The fourth-order valence-corrected chi connectivity index (χ4v) is 3.83. The Bertz CT molecular complexity index is 956. The lowest BCUT2D eigenvalue weighted by Gasteiger charge is -2.15. The maximum atomic E-state index is 12.9. The third-order valence-electron chi connectivity index (χ3n) is 3.64. The van der Waals surface area contributed by atoms with Crippen molar-refractivity contribution in [3.8, 4) is 5.75 Å². The van der Waals surface area contributed by atoms with Crippen LogP contribution in [0.3, 0.4) is 0 Å². The van der Waals surface area contributed by atoms with Crippen molar-refractivity contribution >= 4 is 38.7 Å². The fourth-order valence-electron chi connectivity index (χ4n) is 2.30. The molecule has 0 heterocycles. The van der Waals surface area contributed by atoms with Crippen LogP contribution in [-0.2, 0) is 10.0 Å². The van der Waals surface area contributed by atoms with E-state index in [0.29, 0.717) is 34.3 Å². The lowest BCUT2D eigenvalue weighted by atomic mass is 10.2. The van der Waals surface area contributed by atoms with Crippen molar-refractivity contribution < 1.29 is 13.2 Å². The first-order chi connectivity index (χ1) is 12.7. The molecule has 0 atom stereocenters. The van der Waals surface area contributed by atoms with Gasteiger partial charge in [0.25, 0.3) is 10.0 Å². The Morgan fingerprint density at radius 3 is 2.59 bits per heavy atom. The summed E-state index contributed by atoms with van der Waals surface area (Å²) in [5.74, 6) is 0.443. The third-order valence-corrected chi connectivity index (χ3v) is 5.39. The standard InChI is InChI=1S/C19H23N3O3S2/c1-13(2)12-20-19(26)21-15-10-9-14(3)18(11-15)27(23,24)22-16-7-5-6-8-17(16)25-4/h5-11,22H,1,12H2,2-4H3,(H2,20,21,26). The van der Waals surface area contributed by atoms with E-state index in [1.54, 1.807) is 49.4 Å². The van der Waals surface area contributed by atoms with Crippen molar-refractivity contribution in [2.24, 2.45) is 0 Å². The van der Waals surface area contributed by atoms with Crippen LogP contribution >= 0.6 is 12.2 Å². The van der Waals surface area contributed by atoms with Gasteiger partial charge in [0.05, 0.1) is 17.7 Å². The molecular weight excluding hydrogens is 382 g/mol. The Hall–Kier alpha value is -2.58. The van der Waals surface area contributed by atoms with Gasteiger partial charge >= 0.3 is 0 Å². The Morgan fingerprint density at radius 1 is 1.22 bits per heavy atom. The number of anilines is 2. The van der Waals surface area contributed by atoms with Crippen molar-refractivity contribution in [1.29, 1.82) is 0 Å². The van der Waals surface area contributed by atoms with Gasteiger partial charge in [0, 0.05) is 12.2 Å². The molecule has 3 N–H and O–H groups in total. The summed E-state index contributed by atoms with van der Waals surface area (Å²) >= 11 is 5.22. The zero-order valence-corrected chi connectivity index (χ0v) is 17.1. The second-order valence-corrected chi connectivity index (χ2v) is 8.11. The molecule has 0 aromatic heterocycles. The molecular formula is C19H23N3O3S2. The highest BCUT2D eigenvalue weighted by Crippen LogP contribution is 2.28. The van der Waals surface area contributed by atoms with E-state index in [1.165, 1.54) is 7.11 Å². The maximum absolute atomic E-state index is 12.9. The smallest absolute Gasteiger partial charge is 0.262 e. The molecule has 2 aromatic carbocycles. The van der Waals surface area contributed by atoms with E-state index >= 15 is 0 Å². The first-order valence-corrected chi connectivity index (χ1v) is 10.1. The van der Waals surface area contributed by atoms with E-state index in [9.17, 15) is 8.42 Å². The van der Waals surface area contributed by atoms with Crippen LogP contribution in [0, 0.1) is 6.92 Å². The second-order valence-electron chi connectivity index (χ2n) is 6.05. The van der Waals surface area contributed by atoms with E-state index in [4.69, 9.17) is 17.0 Å². The van der Waals surface area contributed by atoms with Crippen LogP contribution in [0.25, 0.3) is 0 Å². The molecule has 2 rings (SSSR count). The molecule has 0 bridgehead atoms. The molecule has 0 spiro atoms. The molecule has 0 aliphatic carbocycles. The van der Waals surface area contributed by atoms with Crippen LogP contribution in [0.15, 0.2) is 59.5 Å². The number of nitrogens with one attached hydrogen (secondary N) is 3. The summed E-state index contributed by atoms with van der Waals surface area (Å²) in [7, 11) is -2.32. The first-order valence-electron chi connectivity index (χ1n) is 8.18. The Labute approximate surface area is 165 Å². The van der Waals surface area contributed by atoms with Crippen LogP contribution in [-0.4, -0.2) is 27.2 Å². The predicted octanol–water partition coefficient (Wildman–Crippen LogP) is 3.67. The highest BCUT2D eigenvalue weighted by atomic mass is 32.2. The molecule has 8 heteroatoms. The lowest BCUT2D eigenvalue weighted by molar-refractivity contribution is 0.417. The van der Waals surface area contributed by atoms with Gasteiger partial charge in [0.2, 0.25) is 0 Å². The highest BCUT2D eigenvalue weighted by molar-refractivity contribution is 7.92. The average Bonchev–Trinajstić information content (AvgIpc) is 2.61. The number of rotatable bonds is 7. The van der Waals surface area contributed by atoms with Crippen LogP contribution in [0.4, 0.5) is 11.4 Å². The van der Waals surface area contributed by atoms with Gasteiger partial charge in [0.15, 0.2) is 5.11 Å². The Morgan fingerprint density at radius 2 is 1.93 bits per heavy atom. The molecule has 0 unspecified atom stereocenters. The molecule has 2 aromatic rings. The molecule has 144 valence electrons. The summed E-state index contributed by atoms with van der Waals surface area (Å²) in [5, 5.41) is 6.37. The molecule has 6 nitrogen and oxygen atoms in total. The van der Waals surface area contributed by atoms with Crippen molar-refractivity contribution in [2.75, 3.05) is 23.7 Å². The Balaban J connectivity index is 2.26. The van der Waals surface area contributed by atoms with Crippen LogP contribution < -0.4 is 20.1 Å². The minimum absolute atomic E-state index is 0.154. The highest BCUT2D eigenvalue weighted by Gasteiger charge is 2.19. The Kier molecular flexibility index (Phi) is 6.81. The number of methoxy groups -OCH3 is 1. The molecule has 0 saturated heterocycles. The van der Waals surface area contributed by atoms with E-state index in [0.717, 1.165) is 5.57 Å². The summed E-state index contributed by atoms with van der Waals surface area (Å²) in [6.45, 7) is 7.96. The topological polar surface area (TPSA) is 79.5 Å².